The van der Waals surface area contributed by atoms with Gasteiger partial charge in [-0.05, 0) is 37.1 Å². The highest BCUT2D eigenvalue weighted by molar-refractivity contribution is 8.26. The number of benzene rings is 1. The maximum absolute atomic E-state index is 12.7. The molecule has 9 heteroatoms. The van der Waals surface area contributed by atoms with E-state index in [9.17, 15) is 13.2 Å². The Bertz CT molecular complexity index is 878. The number of rotatable bonds is 5. The number of thioether (sulfide) groups is 1. The van der Waals surface area contributed by atoms with Gasteiger partial charge < -0.3 is 9.47 Å². The van der Waals surface area contributed by atoms with Crippen LogP contribution in [-0.4, -0.2) is 54.8 Å². The first-order chi connectivity index (χ1) is 12.3. The lowest BCUT2D eigenvalue weighted by Crippen LogP contribution is -2.39. The van der Waals surface area contributed by atoms with Gasteiger partial charge in [0.2, 0.25) is 0 Å². The Morgan fingerprint density at radius 2 is 2.15 bits per heavy atom. The molecule has 0 unspecified atom stereocenters. The molecule has 6 nitrogen and oxygen atoms in total. The van der Waals surface area contributed by atoms with E-state index in [1.807, 2.05) is 13.0 Å². The van der Waals surface area contributed by atoms with Crippen molar-refractivity contribution in [3.05, 3.63) is 28.7 Å². The lowest BCUT2D eigenvalue weighted by Gasteiger charge is -2.20. The molecule has 1 atom stereocenters. The number of sulfone groups is 1. The number of methoxy groups -OCH3 is 1. The Labute approximate surface area is 162 Å². The van der Waals surface area contributed by atoms with Gasteiger partial charge in [-0.15, -0.1) is 0 Å². The van der Waals surface area contributed by atoms with Gasteiger partial charge in [0, 0.05) is 0 Å². The molecule has 1 amide bonds. The summed E-state index contributed by atoms with van der Waals surface area (Å²) in [6.07, 6.45) is 2.17. The largest absolute Gasteiger partial charge is 0.493 e. The third-order valence-electron chi connectivity index (χ3n) is 4.18. The third-order valence-corrected chi connectivity index (χ3v) is 7.26. The maximum Gasteiger partial charge on any atom is 0.266 e. The molecule has 0 radical (unpaired) electrons. The van der Waals surface area contributed by atoms with Gasteiger partial charge in [0.25, 0.3) is 5.91 Å². The molecule has 2 heterocycles. The van der Waals surface area contributed by atoms with E-state index in [1.165, 1.54) is 16.7 Å². The van der Waals surface area contributed by atoms with Crippen molar-refractivity contribution in [2.75, 3.05) is 25.2 Å². The molecule has 3 rings (SSSR count). The van der Waals surface area contributed by atoms with Gasteiger partial charge in [-0.25, -0.2) is 8.42 Å². The van der Waals surface area contributed by atoms with Crippen molar-refractivity contribution in [3.63, 3.8) is 0 Å². The van der Waals surface area contributed by atoms with Crippen molar-refractivity contribution in [1.82, 2.24) is 4.90 Å². The van der Waals surface area contributed by atoms with E-state index in [4.69, 9.17) is 21.7 Å². The molecular weight excluding hydrogens is 394 g/mol. The summed E-state index contributed by atoms with van der Waals surface area (Å²) in [4.78, 5) is 14.7. The highest BCUT2D eigenvalue weighted by Gasteiger charge is 2.42. The fourth-order valence-electron chi connectivity index (χ4n) is 2.97. The molecule has 0 N–H and O–H groups in total. The van der Waals surface area contributed by atoms with Gasteiger partial charge in [-0.3, -0.25) is 9.69 Å². The first-order valence-corrected chi connectivity index (χ1v) is 11.2. The van der Waals surface area contributed by atoms with Crippen molar-refractivity contribution < 1.29 is 22.7 Å². The first kappa shape index (κ1) is 19.2. The van der Waals surface area contributed by atoms with E-state index in [0.29, 0.717) is 33.8 Å². The van der Waals surface area contributed by atoms with E-state index in [-0.39, 0.29) is 23.5 Å². The molecular formula is C17H19NO5S3. The second kappa shape index (κ2) is 7.58. The SMILES string of the molecule is CCOc1ccc(/C=C2/SC(=S)N([C@@H]3CCS(=O)(=O)C3)C2=O)cc1OC. The van der Waals surface area contributed by atoms with Crippen LogP contribution in [0.4, 0.5) is 0 Å². The summed E-state index contributed by atoms with van der Waals surface area (Å²) in [6.45, 7) is 2.42. The van der Waals surface area contributed by atoms with Crippen LogP contribution in [0.15, 0.2) is 23.1 Å². The Hall–Kier alpha value is -1.58. The summed E-state index contributed by atoms with van der Waals surface area (Å²) in [6, 6.07) is 5.05. The number of thiocarbonyl (C=S) groups is 1. The summed E-state index contributed by atoms with van der Waals surface area (Å²) in [5.41, 5.74) is 0.782. The second-order valence-corrected chi connectivity index (χ2v) is 9.86. The normalized spacial score (nSPS) is 23.7. The molecule has 1 aromatic rings. The standard InChI is InChI=1S/C17H19NO5S3/c1-3-23-13-5-4-11(8-14(13)22-2)9-15-16(19)18(17(24)25-15)12-6-7-26(20,21)10-12/h4-5,8-9,12H,3,6-7,10H2,1-2H3/b15-9+/t12-/m1/s1. The minimum atomic E-state index is -3.09. The van der Waals surface area contributed by atoms with Gasteiger partial charge in [0.15, 0.2) is 21.3 Å². The number of ether oxygens (including phenoxy) is 2. The van der Waals surface area contributed by atoms with Gasteiger partial charge in [0.1, 0.15) is 4.32 Å². The van der Waals surface area contributed by atoms with Crippen molar-refractivity contribution in [1.29, 1.82) is 0 Å². The number of hydrogen-bond acceptors (Lipinski definition) is 7. The fraction of sp³-hybridized carbons (Fsp3) is 0.412. The minimum absolute atomic E-state index is 0.0242. The summed E-state index contributed by atoms with van der Waals surface area (Å²) < 4.78 is 34.6. The minimum Gasteiger partial charge on any atom is -0.493 e. The van der Waals surface area contributed by atoms with Gasteiger partial charge in [-0.2, -0.15) is 0 Å². The highest BCUT2D eigenvalue weighted by atomic mass is 32.2. The fourth-order valence-corrected chi connectivity index (χ4v) is 6.07. The molecule has 0 spiro atoms. The second-order valence-electron chi connectivity index (χ2n) is 5.95. The molecule has 1 aromatic carbocycles. The van der Waals surface area contributed by atoms with Gasteiger partial charge in [0.05, 0.1) is 36.2 Å². The third kappa shape index (κ3) is 3.89. The maximum atomic E-state index is 12.7. The quantitative estimate of drug-likeness (QED) is 0.542. The number of nitrogens with zero attached hydrogens (tertiary/aromatic N) is 1. The molecule has 26 heavy (non-hydrogen) atoms. The van der Waals surface area contributed by atoms with Crippen LogP contribution in [0.3, 0.4) is 0 Å². The van der Waals surface area contributed by atoms with Crippen molar-refractivity contribution in [3.8, 4) is 11.5 Å². The molecule has 0 saturated carbocycles. The average Bonchev–Trinajstić information content (AvgIpc) is 3.07. The molecule has 2 aliphatic rings. The van der Waals surface area contributed by atoms with Crippen molar-refractivity contribution >= 4 is 50.1 Å². The van der Waals surface area contributed by atoms with Gasteiger partial charge in [-0.1, -0.05) is 30.0 Å². The number of hydrogen-bond donors (Lipinski definition) is 0. The smallest absolute Gasteiger partial charge is 0.266 e. The van der Waals surface area contributed by atoms with Crippen LogP contribution in [0.25, 0.3) is 6.08 Å². The Kier molecular flexibility index (Phi) is 5.59. The predicted molar refractivity (Wildman–Crippen MR) is 106 cm³/mol. The molecule has 2 fully saturated rings. The number of carbonyl (C=O) groups excluding carboxylic acids is 1. The van der Waals surface area contributed by atoms with E-state index in [0.717, 1.165) is 5.56 Å². The highest BCUT2D eigenvalue weighted by Crippen LogP contribution is 2.37. The van der Waals surface area contributed by atoms with Crippen LogP contribution in [0.5, 0.6) is 11.5 Å². The molecule has 0 aromatic heterocycles. The summed E-state index contributed by atoms with van der Waals surface area (Å²) in [5.74, 6) is 1.05. The summed E-state index contributed by atoms with van der Waals surface area (Å²) in [7, 11) is -1.53. The lowest BCUT2D eigenvalue weighted by molar-refractivity contribution is -0.123. The van der Waals surface area contributed by atoms with E-state index in [2.05, 4.69) is 0 Å². The average molecular weight is 414 g/mol. The number of amides is 1. The first-order valence-electron chi connectivity index (χ1n) is 8.13. The molecule has 0 bridgehead atoms. The Balaban J connectivity index is 1.84. The van der Waals surface area contributed by atoms with Crippen LogP contribution in [0.1, 0.15) is 18.9 Å². The zero-order chi connectivity index (χ0) is 18.9. The van der Waals surface area contributed by atoms with Crippen molar-refractivity contribution in [2.24, 2.45) is 0 Å². The van der Waals surface area contributed by atoms with Crippen LogP contribution < -0.4 is 9.47 Å². The van der Waals surface area contributed by atoms with E-state index in [1.54, 1.807) is 25.3 Å². The molecule has 0 aliphatic carbocycles. The van der Waals surface area contributed by atoms with Gasteiger partial charge >= 0.3 is 0 Å². The zero-order valence-corrected chi connectivity index (χ0v) is 16.9. The van der Waals surface area contributed by atoms with Crippen LogP contribution in [0, 0.1) is 0 Å². The van der Waals surface area contributed by atoms with Crippen LogP contribution in [0.2, 0.25) is 0 Å². The lowest BCUT2D eigenvalue weighted by atomic mass is 10.1. The molecule has 140 valence electrons. The molecule has 2 saturated heterocycles. The summed E-state index contributed by atoms with van der Waals surface area (Å²) >= 11 is 6.51. The van der Waals surface area contributed by atoms with Crippen LogP contribution >= 0.6 is 24.0 Å². The number of carbonyl (C=O) groups is 1. The predicted octanol–water partition coefficient (Wildman–Crippen LogP) is 2.48. The topological polar surface area (TPSA) is 72.9 Å². The van der Waals surface area contributed by atoms with Crippen molar-refractivity contribution in [2.45, 2.75) is 19.4 Å². The monoisotopic (exact) mass is 413 g/mol. The van der Waals surface area contributed by atoms with Crippen LogP contribution in [-0.2, 0) is 14.6 Å². The summed E-state index contributed by atoms with van der Waals surface area (Å²) in [5, 5.41) is 0. The Morgan fingerprint density at radius 3 is 2.77 bits per heavy atom. The van der Waals surface area contributed by atoms with E-state index < -0.39 is 9.84 Å². The van der Waals surface area contributed by atoms with E-state index >= 15 is 0 Å². The molecule has 2 aliphatic heterocycles. The zero-order valence-electron chi connectivity index (χ0n) is 14.4. The Morgan fingerprint density at radius 1 is 1.38 bits per heavy atom.